The van der Waals surface area contributed by atoms with Crippen LogP contribution in [0.5, 0.6) is 0 Å². The van der Waals surface area contributed by atoms with E-state index in [2.05, 4.69) is 12.2 Å². The van der Waals surface area contributed by atoms with Gasteiger partial charge in [0, 0.05) is 11.8 Å². The molecule has 1 aromatic carbocycles. The number of benzene rings is 1. The number of rotatable bonds is 7. The van der Waals surface area contributed by atoms with Gasteiger partial charge >= 0.3 is 0 Å². The lowest BCUT2D eigenvalue weighted by molar-refractivity contribution is -0.122. The van der Waals surface area contributed by atoms with Crippen molar-refractivity contribution in [1.82, 2.24) is 5.32 Å². The van der Waals surface area contributed by atoms with E-state index in [1.807, 2.05) is 36.6 Å². The number of thioether (sulfide) groups is 1. The number of nitrogens with one attached hydrogen (secondary N) is 1. The molecule has 100 valence electrons. The van der Waals surface area contributed by atoms with E-state index in [1.54, 1.807) is 11.8 Å². The predicted octanol–water partition coefficient (Wildman–Crippen LogP) is 1.81. The summed E-state index contributed by atoms with van der Waals surface area (Å²) < 4.78 is 0. The van der Waals surface area contributed by atoms with Crippen LogP contribution in [0.3, 0.4) is 0 Å². The van der Waals surface area contributed by atoms with Gasteiger partial charge in [0.1, 0.15) is 0 Å². The highest BCUT2D eigenvalue weighted by atomic mass is 32.2. The average molecular weight is 266 g/mol. The molecule has 0 aliphatic rings. The lowest BCUT2D eigenvalue weighted by Gasteiger charge is -2.19. The van der Waals surface area contributed by atoms with Crippen molar-refractivity contribution in [3.05, 3.63) is 35.9 Å². The summed E-state index contributed by atoms with van der Waals surface area (Å²) in [4.78, 5) is 11.9. The van der Waals surface area contributed by atoms with Crippen molar-refractivity contribution in [2.24, 2.45) is 5.73 Å². The molecule has 0 aliphatic heterocycles. The van der Waals surface area contributed by atoms with Gasteiger partial charge < -0.3 is 11.1 Å². The second-order valence-corrected chi connectivity index (χ2v) is 5.28. The second-order valence-electron chi connectivity index (χ2n) is 4.37. The highest BCUT2D eigenvalue weighted by Crippen LogP contribution is 2.04. The van der Waals surface area contributed by atoms with Crippen LogP contribution in [0.1, 0.15) is 18.9 Å². The van der Waals surface area contributed by atoms with Gasteiger partial charge in [-0.25, -0.2) is 0 Å². The maximum absolute atomic E-state index is 11.9. The van der Waals surface area contributed by atoms with E-state index in [-0.39, 0.29) is 11.9 Å². The molecule has 0 saturated carbocycles. The molecule has 1 rings (SSSR count). The van der Waals surface area contributed by atoms with Crippen molar-refractivity contribution in [3.63, 3.8) is 0 Å². The van der Waals surface area contributed by atoms with Crippen LogP contribution in [0.4, 0.5) is 0 Å². The Hall–Kier alpha value is -1.00. The van der Waals surface area contributed by atoms with Gasteiger partial charge in [-0.1, -0.05) is 37.3 Å². The Labute approximate surface area is 114 Å². The van der Waals surface area contributed by atoms with Crippen LogP contribution >= 0.6 is 11.8 Å². The minimum atomic E-state index is -0.469. The summed E-state index contributed by atoms with van der Waals surface area (Å²) in [6, 6.07) is 9.61. The number of carbonyl (C=O) groups is 1. The molecule has 18 heavy (non-hydrogen) atoms. The molecule has 0 fully saturated rings. The number of amides is 1. The maximum atomic E-state index is 11.9. The lowest BCUT2D eigenvalue weighted by atomic mass is 10.1. The molecule has 1 aromatic rings. The Morgan fingerprint density at radius 2 is 2.06 bits per heavy atom. The molecular formula is C14H22N2OS. The summed E-state index contributed by atoms with van der Waals surface area (Å²) in [5.41, 5.74) is 7.02. The monoisotopic (exact) mass is 266 g/mol. The molecule has 2 atom stereocenters. The zero-order valence-electron chi connectivity index (χ0n) is 11.1. The van der Waals surface area contributed by atoms with Gasteiger partial charge in [0.25, 0.3) is 0 Å². The minimum Gasteiger partial charge on any atom is -0.351 e. The van der Waals surface area contributed by atoms with Crippen molar-refractivity contribution >= 4 is 17.7 Å². The Morgan fingerprint density at radius 3 is 2.61 bits per heavy atom. The molecular weight excluding hydrogens is 244 g/mol. The topological polar surface area (TPSA) is 55.1 Å². The molecule has 1 amide bonds. The minimum absolute atomic E-state index is 0.0558. The highest BCUT2D eigenvalue weighted by Gasteiger charge is 2.17. The fourth-order valence-corrected chi connectivity index (χ4v) is 2.45. The zero-order chi connectivity index (χ0) is 13.4. The van der Waals surface area contributed by atoms with E-state index in [1.165, 1.54) is 0 Å². The summed E-state index contributed by atoms with van der Waals surface area (Å²) in [5.74, 6) is 0.875. The van der Waals surface area contributed by atoms with Crippen LogP contribution in [0.2, 0.25) is 0 Å². The molecule has 0 spiro atoms. The maximum Gasteiger partial charge on any atom is 0.237 e. The van der Waals surface area contributed by atoms with Gasteiger partial charge in [0.2, 0.25) is 5.91 Å². The Morgan fingerprint density at radius 1 is 1.39 bits per heavy atom. The Bertz CT molecular complexity index is 356. The first-order valence-corrected chi connectivity index (χ1v) is 7.65. The summed E-state index contributed by atoms with van der Waals surface area (Å²) in [6.45, 7) is 2.07. The van der Waals surface area contributed by atoms with Crippen LogP contribution in [-0.4, -0.2) is 30.0 Å². The zero-order valence-corrected chi connectivity index (χ0v) is 11.9. The smallest absolute Gasteiger partial charge is 0.237 e. The van der Waals surface area contributed by atoms with E-state index < -0.39 is 6.04 Å². The van der Waals surface area contributed by atoms with Crippen molar-refractivity contribution in [1.29, 1.82) is 0 Å². The molecule has 1 unspecified atom stereocenters. The SMILES string of the molecule is CCC(CSC)NC(=O)[C@@H](N)Cc1ccccc1. The molecule has 0 radical (unpaired) electrons. The Kier molecular flexibility index (Phi) is 6.83. The molecule has 0 heterocycles. The number of nitrogens with two attached hydrogens (primary N) is 1. The molecule has 0 saturated heterocycles. The van der Waals surface area contributed by atoms with E-state index >= 15 is 0 Å². The third kappa shape index (κ3) is 5.10. The summed E-state index contributed by atoms with van der Waals surface area (Å²) >= 11 is 1.74. The van der Waals surface area contributed by atoms with Gasteiger partial charge in [-0.2, -0.15) is 11.8 Å². The summed E-state index contributed by atoms with van der Waals surface area (Å²) in [6.07, 6.45) is 3.56. The third-order valence-corrected chi connectivity index (χ3v) is 3.58. The first-order valence-electron chi connectivity index (χ1n) is 6.26. The lowest BCUT2D eigenvalue weighted by Crippen LogP contribution is -2.47. The summed E-state index contributed by atoms with van der Waals surface area (Å²) in [5, 5.41) is 3.00. The molecule has 3 nitrogen and oxygen atoms in total. The molecule has 0 aliphatic carbocycles. The fourth-order valence-electron chi connectivity index (χ4n) is 1.73. The van der Waals surface area contributed by atoms with Crippen molar-refractivity contribution < 1.29 is 4.79 Å². The van der Waals surface area contributed by atoms with E-state index in [4.69, 9.17) is 5.73 Å². The van der Waals surface area contributed by atoms with Gasteiger partial charge in [-0.15, -0.1) is 0 Å². The van der Waals surface area contributed by atoms with E-state index in [9.17, 15) is 4.79 Å². The third-order valence-electron chi connectivity index (χ3n) is 2.84. The van der Waals surface area contributed by atoms with E-state index in [0.717, 1.165) is 17.7 Å². The quantitative estimate of drug-likeness (QED) is 0.791. The van der Waals surface area contributed by atoms with Crippen LogP contribution in [0.25, 0.3) is 0 Å². The predicted molar refractivity (Wildman–Crippen MR) is 78.7 cm³/mol. The standard InChI is InChI=1S/C14H22N2OS/c1-3-12(10-18-2)16-14(17)13(15)9-11-7-5-4-6-8-11/h4-8,12-13H,3,9-10,15H2,1-2H3,(H,16,17)/t12?,13-/m0/s1. The molecule has 4 heteroatoms. The van der Waals surface area contributed by atoms with Crippen molar-refractivity contribution in [2.45, 2.75) is 31.8 Å². The number of hydrogen-bond donors (Lipinski definition) is 2. The average Bonchev–Trinajstić information content (AvgIpc) is 2.39. The normalized spacial score (nSPS) is 13.9. The molecule has 3 N–H and O–H groups in total. The van der Waals surface area contributed by atoms with Gasteiger partial charge in [0.15, 0.2) is 0 Å². The van der Waals surface area contributed by atoms with Crippen LogP contribution < -0.4 is 11.1 Å². The summed E-state index contributed by atoms with van der Waals surface area (Å²) in [7, 11) is 0. The van der Waals surface area contributed by atoms with Gasteiger partial charge in [0.05, 0.1) is 6.04 Å². The van der Waals surface area contributed by atoms with Gasteiger partial charge in [-0.3, -0.25) is 4.79 Å². The van der Waals surface area contributed by atoms with Crippen LogP contribution in [-0.2, 0) is 11.2 Å². The van der Waals surface area contributed by atoms with Crippen molar-refractivity contribution in [3.8, 4) is 0 Å². The first kappa shape index (κ1) is 15.1. The highest BCUT2D eigenvalue weighted by molar-refractivity contribution is 7.98. The fraction of sp³-hybridized carbons (Fsp3) is 0.500. The van der Waals surface area contributed by atoms with Crippen LogP contribution in [0, 0.1) is 0 Å². The first-order chi connectivity index (χ1) is 8.67. The molecule has 0 bridgehead atoms. The Balaban J connectivity index is 2.46. The van der Waals surface area contributed by atoms with Crippen molar-refractivity contribution in [2.75, 3.05) is 12.0 Å². The largest absolute Gasteiger partial charge is 0.351 e. The number of carbonyl (C=O) groups excluding carboxylic acids is 1. The second kappa shape index (κ2) is 8.16. The number of hydrogen-bond acceptors (Lipinski definition) is 3. The van der Waals surface area contributed by atoms with Gasteiger partial charge in [-0.05, 0) is 24.7 Å². The van der Waals surface area contributed by atoms with E-state index in [0.29, 0.717) is 6.42 Å². The molecule has 0 aromatic heterocycles. The van der Waals surface area contributed by atoms with Crippen LogP contribution in [0.15, 0.2) is 30.3 Å².